The minimum absolute atomic E-state index is 0.111. The van der Waals surface area contributed by atoms with Crippen LogP contribution in [-0.4, -0.2) is 50.6 Å². The van der Waals surface area contributed by atoms with E-state index in [9.17, 15) is 13.2 Å². The third kappa shape index (κ3) is 4.94. The molecule has 0 aliphatic carbocycles. The van der Waals surface area contributed by atoms with Crippen molar-refractivity contribution in [3.05, 3.63) is 42.6 Å². The van der Waals surface area contributed by atoms with Gasteiger partial charge in [0.25, 0.3) is 0 Å². The SMILES string of the molecule is COc1ccccc1NC(=O)CSc1ccc(S(=O)(=O)N(C)C)cn1. The number of carbonyl (C=O) groups excluding carboxylic acids is 1. The molecule has 0 saturated carbocycles. The van der Waals surface area contributed by atoms with Crippen molar-refractivity contribution < 1.29 is 17.9 Å². The minimum atomic E-state index is -3.50. The number of aromatic nitrogens is 1. The Morgan fingerprint density at radius 1 is 1.24 bits per heavy atom. The number of para-hydroxylation sites is 2. The fourth-order valence-electron chi connectivity index (χ4n) is 1.89. The molecule has 1 heterocycles. The lowest BCUT2D eigenvalue weighted by Crippen LogP contribution is -2.22. The van der Waals surface area contributed by atoms with E-state index < -0.39 is 10.0 Å². The number of hydrogen-bond donors (Lipinski definition) is 1. The molecule has 1 aromatic heterocycles. The molecule has 0 atom stereocenters. The molecule has 0 fully saturated rings. The Morgan fingerprint density at radius 3 is 2.56 bits per heavy atom. The van der Waals surface area contributed by atoms with Crippen molar-refractivity contribution in [3.63, 3.8) is 0 Å². The van der Waals surface area contributed by atoms with Gasteiger partial charge in [-0.2, -0.15) is 0 Å². The fourth-order valence-corrected chi connectivity index (χ4v) is 3.38. The quantitative estimate of drug-likeness (QED) is 0.739. The number of thioether (sulfide) groups is 1. The van der Waals surface area contributed by atoms with Crippen molar-refractivity contribution in [1.82, 2.24) is 9.29 Å². The molecule has 9 heteroatoms. The lowest BCUT2D eigenvalue weighted by molar-refractivity contribution is -0.113. The van der Waals surface area contributed by atoms with Crippen LogP contribution in [0.5, 0.6) is 5.75 Å². The fraction of sp³-hybridized carbons (Fsp3) is 0.250. The second-order valence-electron chi connectivity index (χ2n) is 5.16. The Morgan fingerprint density at radius 2 is 1.96 bits per heavy atom. The van der Waals surface area contributed by atoms with Crippen molar-refractivity contribution in [2.75, 3.05) is 32.3 Å². The number of nitrogens with zero attached hydrogens (tertiary/aromatic N) is 2. The summed E-state index contributed by atoms with van der Waals surface area (Å²) in [6.45, 7) is 0. The molecule has 0 radical (unpaired) electrons. The van der Waals surface area contributed by atoms with Crippen molar-refractivity contribution in [2.24, 2.45) is 0 Å². The molecule has 7 nitrogen and oxygen atoms in total. The van der Waals surface area contributed by atoms with E-state index in [4.69, 9.17) is 4.74 Å². The maximum absolute atomic E-state index is 12.1. The van der Waals surface area contributed by atoms with Gasteiger partial charge in [-0.1, -0.05) is 23.9 Å². The van der Waals surface area contributed by atoms with Crippen molar-refractivity contribution in [3.8, 4) is 5.75 Å². The molecule has 1 aromatic carbocycles. The van der Waals surface area contributed by atoms with Crippen LogP contribution in [0.2, 0.25) is 0 Å². The van der Waals surface area contributed by atoms with E-state index in [1.54, 1.807) is 24.3 Å². The van der Waals surface area contributed by atoms with Gasteiger partial charge in [-0.25, -0.2) is 17.7 Å². The number of benzene rings is 1. The number of sulfonamides is 1. The van der Waals surface area contributed by atoms with E-state index in [0.717, 1.165) is 4.31 Å². The average Bonchev–Trinajstić information content (AvgIpc) is 2.60. The smallest absolute Gasteiger partial charge is 0.244 e. The summed E-state index contributed by atoms with van der Waals surface area (Å²) in [5, 5.41) is 3.33. The van der Waals surface area contributed by atoms with Crippen LogP contribution in [0, 0.1) is 0 Å². The summed E-state index contributed by atoms with van der Waals surface area (Å²) in [6, 6.07) is 10.2. The first-order valence-corrected chi connectivity index (χ1v) is 9.71. The predicted octanol–water partition coefficient (Wildman–Crippen LogP) is 2.07. The standard InChI is InChI=1S/C16H19N3O4S2/c1-19(2)25(21,22)12-8-9-16(17-10-12)24-11-15(20)18-13-6-4-5-7-14(13)23-3/h4-10H,11H2,1-3H3,(H,18,20). The first-order valence-electron chi connectivity index (χ1n) is 7.29. The van der Waals surface area contributed by atoms with Crippen LogP contribution in [0.4, 0.5) is 5.69 Å². The average molecular weight is 381 g/mol. The zero-order valence-corrected chi connectivity index (χ0v) is 15.7. The van der Waals surface area contributed by atoms with Gasteiger partial charge >= 0.3 is 0 Å². The number of ether oxygens (including phenoxy) is 1. The molecule has 0 bridgehead atoms. The number of rotatable bonds is 7. The molecule has 0 aliphatic heterocycles. The number of methoxy groups -OCH3 is 1. The van der Waals surface area contributed by atoms with Crippen molar-refractivity contribution in [2.45, 2.75) is 9.92 Å². The summed E-state index contributed by atoms with van der Waals surface area (Å²) in [7, 11) is 0.947. The molecule has 25 heavy (non-hydrogen) atoms. The van der Waals surface area contributed by atoms with E-state index in [1.165, 1.54) is 45.2 Å². The summed E-state index contributed by atoms with van der Waals surface area (Å²) in [4.78, 5) is 16.3. The van der Waals surface area contributed by atoms with Gasteiger partial charge in [-0.05, 0) is 24.3 Å². The van der Waals surface area contributed by atoms with E-state index in [2.05, 4.69) is 10.3 Å². The van der Waals surface area contributed by atoms with Crippen LogP contribution in [0.3, 0.4) is 0 Å². The Balaban J connectivity index is 1.96. The number of pyridine rings is 1. The first-order chi connectivity index (χ1) is 11.8. The number of anilines is 1. The van der Waals surface area contributed by atoms with E-state index in [1.807, 2.05) is 6.07 Å². The van der Waals surface area contributed by atoms with Gasteiger partial charge in [0.05, 0.1) is 23.6 Å². The predicted molar refractivity (Wildman–Crippen MR) is 97.5 cm³/mol. The van der Waals surface area contributed by atoms with Gasteiger partial charge in [0, 0.05) is 20.3 Å². The van der Waals surface area contributed by atoms with Gasteiger partial charge in [0.1, 0.15) is 10.6 Å². The summed E-state index contributed by atoms with van der Waals surface area (Å²) >= 11 is 1.22. The zero-order valence-electron chi connectivity index (χ0n) is 14.1. The zero-order chi connectivity index (χ0) is 18.4. The van der Waals surface area contributed by atoms with Gasteiger partial charge in [0.2, 0.25) is 15.9 Å². The molecule has 1 N–H and O–H groups in total. The number of hydrogen-bond acceptors (Lipinski definition) is 6. The summed E-state index contributed by atoms with van der Waals surface area (Å²) in [5.74, 6) is 0.517. The Kier molecular flexibility index (Phi) is 6.40. The van der Waals surface area contributed by atoms with Crippen molar-refractivity contribution in [1.29, 1.82) is 0 Å². The Labute approximate surface area is 151 Å². The first kappa shape index (κ1) is 19.2. The van der Waals surface area contributed by atoms with Crippen LogP contribution in [-0.2, 0) is 14.8 Å². The molecular weight excluding hydrogens is 362 g/mol. The van der Waals surface area contributed by atoms with E-state index in [0.29, 0.717) is 16.5 Å². The molecule has 2 rings (SSSR count). The van der Waals surface area contributed by atoms with Crippen LogP contribution in [0.15, 0.2) is 52.5 Å². The monoisotopic (exact) mass is 381 g/mol. The third-order valence-corrected chi connectivity index (χ3v) is 5.96. The van der Waals surface area contributed by atoms with Crippen molar-refractivity contribution >= 4 is 33.4 Å². The largest absolute Gasteiger partial charge is 0.495 e. The normalized spacial score (nSPS) is 11.4. The van der Waals surface area contributed by atoms with Gasteiger partial charge in [-0.15, -0.1) is 0 Å². The minimum Gasteiger partial charge on any atom is -0.495 e. The molecule has 134 valence electrons. The Hall–Kier alpha value is -2.10. The maximum atomic E-state index is 12.1. The topological polar surface area (TPSA) is 88.6 Å². The highest BCUT2D eigenvalue weighted by molar-refractivity contribution is 7.99. The molecule has 0 saturated heterocycles. The number of nitrogens with one attached hydrogen (secondary N) is 1. The van der Waals surface area contributed by atoms with Crippen LogP contribution in [0.25, 0.3) is 0 Å². The summed E-state index contributed by atoms with van der Waals surface area (Å²) < 4.78 is 30.3. The highest BCUT2D eigenvalue weighted by atomic mass is 32.2. The lowest BCUT2D eigenvalue weighted by Gasteiger charge is -2.11. The second-order valence-corrected chi connectivity index (χ2v) is 8.30. The van der Waals surface area contributed by atoms with Crippen LogP contribution in [0.1, 0.15) is 0 Å². The molecule has 1 amide bonds. The van der Waals surface area contributed by atoms with Gasteiger partial charge in [-0.3, -0.25) is 4.79 Å². The summed E-state index contributed by atoms with van der Waals surface area (Å²) in [5.41, 5.74) is 0.594. The summed E-state index contributed by atoms with van der Waals surface area (Å²) in [6.07, 6.45) is 1.29. The number of amides is 1. The van der Waals surface area contributed by atoms with Gasteiger partial charge < -0.3 is 10.1 Å². The highest BCUT2D eigenvalue weighted by Gasteiger charge is 2.17. The molecule has 0 spiro atoms. The molecule has 0 aliphatic rings. The maximum Gasteiger partial charge on any atom is 0.244 e. The third-order valence-electron chi connectivity index (χ3n) is 3.22. The Bertz CT molecular complexity index is 837. The highest BCUT2D eigenvalue weighted by Crippen LogP contribution is 2.24. The molecule has 0 unspecified atom stereocenters. The molecule has 2 aromatic rings. The van der Waals surface area contributed by atoms with Crippen LogP contribution >= 0.6 is 11.8 Å². The number of carbonyl (C=O) groups is 1. The van der Waals surface area contributed by atoms with E-state index >= 15 is 0 Å². The van der Waals surface area contributed by atoms with E-state index in [-0.39, 0.29) is 16.6 Å². The van der Waals surface area contributed by atoms with Crippen LogP contribution < -0.4 is 10.1 Å². The van der Waals surface area contributed by atoms with Gasteiger partial charge in [0.15, 0.2) is 0 Å². The second kappa shape index (κ2) is 8.32. The molecular formula is C16H19N3O4S2. The lowest BCUT2D eigenvalue weighted by atomic mass is 10.3.